The van der Waals surface area contributed by atoms with Crippen molar-refractivity contribution in [3.63, 3.8) is 0 Å². The smallest absolute Gasteiger partial charge is 0.254 e. The zero-order valence-electron chi connectivity index (χ0n) is 29.8. The van der Waals surface area contributed by atoms with E-state index in [2.05, 4.69) is 26.9 Å². The van der Waals surface area contributed by atoms with Crippen molar-refractivity contribution in [1.29, 1.82) is 0 Å². The summed E-state index contributed by atoms with van der Waals surface area (Å²) in [5.41, 5.74) is 4.06. The molecule has 53 heavy (non-hydrogen) atoms. The maximum atomic E-state index is 14.3. The van der Waals surface area contributed by atoms with Gasteiger partial charge in [-0.1, -0.05) is 38.4 Å². The van der Waals surface area contributed by atoms with Crippen molar-refractivity contribution in [3.05, 3.63) is 71.9 Å². The highest BCUT2D eigenvalue weighted by Gasteiger charge is 2.67. The van der Waals surface area contributed by atoms with Crippen LogP contribution in [0.2, 0.25) is 5.02 Å². The summed E-state index contributed by atoms with van der Waals surface area (Å²) in [4.78, 5) is 59.8. The molecule has 2 aliphatic carbocycles. The predicted molar refractivity (Wildman–Crippen MR) is 199 cm³/mol. The fraction of sp³-hybridized carbons (Fsp3) is 0.432. The van der Waals surface area contributed by atoms with Gasteiger partial charge in [-0.05, 0) is 67.1 Å². The number of rotatable bonds is 13. The molecule has 2 saturated carbocycles. The van der Waals surface area contributed by atoms with Crippen molar-refractivity contribution in [2.24, 2.45) is 17.1 Å². The second kappa shape index (κ2) is 14.3. The van der Waals surface area contributed by atoms with Crippen LogP contribution in [0.15, 0.2) is 61.3 Å². The number of likely N-dealkylation sites (tertiary alicyclic amines) is 1. The molecule has 14 nitrogen and oxygen atoms in total. The number of nitrogens with zero attached hydrogens (tertiary/aromatic N) is 2. The Bertz CT molecular complexity index is 2080. The number of nitrogens with two attached hydrogens (primary N) is 1. The van der Waals surface area contributed by atoms with Crippen molar-refractivity contribution in [2.75, 3.05) is 19.0 Å². The number of benzene rings is 2. The van der Waals surface area contributed by atoms with Crippen LogP contribution >= 0.6 is 11.6 Å². The number of anilines is 1. The molecular formula is C37H43ClN6O8S. The Labute approximate surface area is 312 Å². The average molecular weight is 767 g/mol. The van der Waals surface area contributed by atoms with Gasteiger partial charge in [-0.15, -0.1) is 6.58 Å². The Kier molecular flexibility index (Phi) is 10.2. The van der Waals surface area contributed by atoms with E-state index in [-0.39, 0.29) is 25.3 Å². The molecule has 0 bridgehead atoms. The van der Waals surface area contributed by atoms with E-state index in [9.17, 15) is 27.6 Å². The van der Waals surface area contributed by atoms with Gasteiger partial charge in [0.05, 0.1) is 24.6 Å². The first-order chi connectivity index (χ1) is 25.0. The van der Waals surface area contributed by atoms with Crippen LogP contribution in [0.3, 0.4) is 0 Å². The number of amides is 4. The van der Waals surface area contributed by atoms with E-state index in [1.54, 1.807) is 41.3 Å². The first kappa shape index (κ1) is 38.0. The van der Waals surface area contributed by atoms with E-state index < -0.39 is 74.0 Å². The average Bonchev–Trinajstić information content (AvgIpc) is 4.03. The molecule has 6 rings (SSSR count). The lowest BCUT2D eigenvalue weighted by atomic mass is 9.85. The van der Waals surface area contributed by atoms with Crippen LogP contribution in [-0.4, -0.2) is 84.6 Å². The number of methoxy groups -OCH3 is 1. The van der Waals surface area contributed by atoms with Crippen LogP contribution < -0.4 is 30.6 Å². The summed E-state index contributed by atoms with van der Waals surface area (Å²) in [7, 11) is -2.41. The van der Waals surface area contributed by atoms with Crippen LogP contribution in [0, 0.1) is 11.3 Å². The van der Waals surface area contributed by atoms with Gasteiger partial charge in [-0.25, -0.2) is 13.4 Å². The third kappa shape index (κ3) is 7.69. The summed E-state index contributed by atoms with van der Waals surface area (Å²) >= 11 is 6.34. The van der Waals surface area contributed by atoms with Gasteiger partial charge in [-0.3, -0.25) is 34.1 Å². The maximum Gasteiger partial charge on any atom is 0.254 e. The lowest BCUT2D eigenvalue weighted by Gasteiger charge is -2.34. The van der Waals surface area contributed by atoms with Gasteiger partial charge in [0.2, 0.25) is 33.6 Å². The summed E-state index contributed by atoms with van der Waals surface area (Å²) in [5.74, 6) is -2.44. The number of carbonyl (C=O) groups is 4. The standard InChI is InChI=1S/C37H43ClN6O8S/c1-6-21-17-37(21,35(48)43-53(49,50)25-12-13-25)44-19-24(52-34-27-15-22(38)9-14-26(27)29(51-5)18-40-34)16-28(44)32(46)42-33(47)30(36(2,3)4)41-23-10-7-20(8-11-23)31(39)45/h6-11,14-15,18,21,24-25,28,30,41H,1,12-13,16-17,19H2,2-5H3,(H2,39,45)(H,43,48)(H,42,46,47)/t21-,24-,28+,30+,37-/m1/s1. The van der Waals surface area contributed by atoms with E-state index in [0.29, 0.717) is 45.6 Å². The minimum Gasteiger partial charge on any atom is -0.494 e. The number of fused-ring (bicyclic) bond motifs is 1. The molecule has 2 heterocycles. The van der Waals surface area contributed by atoms with Gasteiger partial charge >= 0.3 is 0 Å². The van der Waals surface area contributed by atoms with Gasteiger partial charge in [0, 0.05) is 45.9 Å². The van der Waals surface area contributed by atoms with E-state index >= 15 is 0 Å². The van der Waals surface area contributed by atoms with E-state index in [1.165, 1.54) is 25.4 Å². The van der Waals surface area contributed by atoms with E-state index in [1.807, 2.05) is 20.8 Å². The number of ether oxygens (including phenoxy) is 2. The van der Waals surface area contributed by atoms with Gasteiger partial charge in [0.1, 0.15) is 23.4 Å². The van der Waals surface area contributed by atoms with Crippen molar-refractivity contribution in [1.82, 2.24) is 19.9 Å². The molecule has 0 radical (unpaired) electrons. The Morgan fingerprint density at radius 3 is 2.40 bits per heavy atom. The minimum absolute atomic E-state index is 0.0242. The number of primary amides is 1. The number of halogens is 1. The zero-order chi connectivity index (χ0) is 38.5. The lowest BCUT2D eigenvalue weighted by molar-refractivity contribution is -0.136. The molecule has 4 amide bonds. The van der Waals surface area contributed by atoms with Crippen molar-refractivity contribution in [3.8, 4) is 11.6 Å². The molecule has 0 unspecified atom stereocenters. The number of hydrogen-bond acceptors (Lipinski definition) is 11. The number of pyridine rings is 1. The molecule has 1 aliphatic heterocycles. The first-order valence-electron chi connectivity index (χ1n) is 17.2. The molecule has 3 aromatic rings. The molecule has 1 saturated heterocycles. The number of sulfonamides is 1. The molecule has 16 heteroatoms. The molecular weight excluding hydrogens is 724 g/mol. The lowest BCUT2D eigenvalue weighted by Crippen LogP contribution is -2.59. The number of aromatic nitrogens is 1. The molecule has 3 fully saturated rings. The minimum atomic E-state index is -3.92. The van der Waals surface area contributed by atoms with Crippen LogP contribution in [0.1, 0.15) is 56.8 Å². The second-order valence-electron chi connectivity index (χ2n) is 14.8. The summed E-state index contributed by atoms with van der Waals surface area (Å²) in [6.45, 7) is 9.38. The number of imide groups is 1. The number of hydrogen-bond donors (Lipinski definition) is 4. The van der Waals surface area contributed by atoms with Gasteiger partial charge in [0.15, 0.2) is 0 Å². The summed E-state index contributed by atoms with van der Waals surface area (Å²) in [5, 5.41) is 6.75. The van der Waals surface area contributed by atoms with Crippen molar-refractivity contribution in [2.45, 2.75) is 75.4 Å². The van der Waals surface area contributed by atoms with Crippen LogP contribution in [0.25, 0.3) is 10.8 Å². The van der Waals surface area contributed by atoms with Gasteiger partial charge in [0.25, 0.3) is 5.91 Å². The molecule has 282 valence electrons. The molecule has 5 atom stereocenters. The number of carbonyl (C=O) groups excluding carboxylic acids is 4. The first-order valence-corrected chi connectivity index (χ1v) is 19.2. The zero-order valence-corrected chi connectivity index (χ0v) is 31.4. The SMILES string of the molecule is C=C[C@@H]1C[C@@]1(C(=O)NS(=O)(=O)C1CC1)N1C[C@H](Oc2ncc(OC)c3ccc(Cl)cc23)C[C@H]1C(=O)NC(=O)[C@H](Nc1ccc(C(N)=O)cc1)C(C)(C)C. The third-order valence-corrected chi connectivity index (χ3v) is 12.1. The predicted octanol–water partition coefficient (Wildman–Crippen LogP) is 3.54. The van der Waals surface area contributed by atoms with Crippen LogP contribution in [-0.2, 0) is 24.4 Å². The largest absolute Gasteiger partial charge is 0.494 e. The van der Waals surface area contributed by atoms with E-state index in [0.717, 1.165) is 0 Å². The van der Waals surface area contributed by atoms with Gasteiger partial charge in [-0.2, -0.15) is 0 Å². The Hall–Kier alpha value is -4.73. The Morgan fingerprint density at radius 2 is 1.81 bits per heavy atom. The topological polar surface area (TPSA) is 199 Å². The molecule has 2 aromatic carbocycles. The summed E-state index contributed by atoms with van der Waals surface area (Å²) < 4.78 is 40.1. The highest BCUT2D eigenvalue weighted by molar-refractivity contribution is 7.91. The van der Waals surface area contributed by atoms with Crippen LogP contribution in [0.4, 0.5) is 5.69 Å². The summed E-state index contributed by atoms with van der Waals surface area (Å²) in [6, 6.07) is 9.43. The molecule has 3 aliphatic rings. The maximum absolute atomic E-state index is 14.3. The normalized spacial score (nSPS) is 23.5. The fourth-order valence-corrected chi connectivity index (χ4v) is 8.49. The van der Waals surface area contributed by atoms with Crippen molar-refractivity contribution < 1.29 is 37.1 Å². The fourth-order valence-electron chi connectivity index (χ4n) is 6.96. The molecule has 1 aromatic heterocycles. The highest BCUT2D eigenvalue weighted by Crippen LogP contribution is 2.53. The third-order valence-electron chi connectivity index (χ3n) is 10.1. The Morgan fingerprint density at radius 1 is 1.11 bits per heavy atom. The Balaban J connectivity index is 1.30. The quantitative estimate of drug-likeness (QED) is 0.186. The number of nitrogens with one attached hydrogen (secondary N) is 3. The van der Waals surface area contributed by atoms with Gasteiger partial charge < -0.3 is 20.5 Å². The molecule has 5 N–H and O–H groups in total. The van der Waals surface area contributed by atoms with E-state index in [4.69, 9.17) is 26.8 Å². The highest BCUT2D eigenvalue weighted by atomic mass is 35.5. The van der Waals surface area contributed by atoms with Crippen molar-refractivity contribution >= 4 is 61.7 Å². The summed E-state index contributed by atoms with van der Waals surface area (Å²) in [6.07, 6.45) is 3.51. The second-order valence-corrected chi connectivity index (χ2v) is 17.2. The monoisotopic (exact) mass is 766 g/mol. The van der Waals surface area contributed by atoms with Crippen LogP contribution in [0.5, 0.6) is 11.6 Å². The molecule has 0 spiro atoms.